The number of hydrogen-bond acceptors (Lipinski definition) is 6. The summed E-state index contributed by atoms with van der Waals surface area (Å²) in [6.45, 7) is 2.09. The van der Waals surface area contributed by atoms with Gasteiger partial charge in [-0.2, -0.15) is 0 Å². The average Bonchev–Trinajstić information content (AvgIpc) is 2.64. The number of carbonyl (C=O) groups excluding carboxylic acids is 1. The average molecular weight is 341 g/mol. The topological polar surface area (TPSA) is 95.6 Å². The van der Waals surface area contributed by atoms with Crippen molar-refractivity contribution >= 4 is 11.9 Å². The Morgan fingerprint density at radius 1 is 1.32 bits per heavy atom. The highest BCUT2D eigenvalue weighted by Crippen LogP contribution is 2.24. The molecule has 7 nitrogen and oxygen atoms in total. The summed E-state index contributed by atoms with van der Waals surface area (Å²) in [5.74, 6) is 0.0434. The largest absolute Gasteiger partial charge is 0.396 e. The summed E-state index contributed by atoms with van der Waals surface area (Å²) in [5.41, 5.74) is 7.58. The van der Waals surface area contributed by atoms with Gasteiger partial charge in [0.05, 0.1) is 11.3 Å². The number of amides is 1. The highest BCUT2D eigenvalue weighted by molar-refractivity contribution is 5.99. The van der Waals surface area contributed by atoms with Gasteiger partial charge in [-0.3, -0.25) is 9.69 Å². The van der Waals surface area contributed by atoms with Crippen molar-refractivity contribution in [2.45, 2.75) is 12.5 Å². The van der Waals surface area contributed by atoms with E-state index >= 15 is 0 Å². The zero-order chi connectivity index (χ0) is 17.8. The quantitative estimate of drug-likeness (QED) is 0.856. The number of anilines is 1. The number of likely N-dealkylation sites (N-methyl/N-ethyl adjacent to an activating group) is 1. The molecule has 0 bridgehead atoms. The van der Waals surface area contributed by atoms with Crippen molar-refractivity contribution in [2.75, 3.05) is 39.0 Å². The summed E-state index contributed by atoms with van der Waals surface area (Å²) < 4.78 is 0. The molecule has 3 N–H and O–H groups in total. The van der Waals surface area contributed by atoms with E-state index in [0.717, 1.165) is 12.1 Å². The molecule has 1 aromatic heterocycles. The van der Waals surface area contributed by atoms with Crippen molar-refractivity contribution in [3.63, 3.8) is 0 Å². The molecule has 0 spiro atoms. The molecule has 7 heteroatoms. The van der Waals surface area contributed by atoms with Crippen LogP contribution in [0.5, 0.6) is 0 Å². The van der Waals surface area contributed by atoms with Crippen LogP contribution in [0.15, 0.2) is 36.5 Å². The van der Waals surface area contributed by atoms with Gasteiger partial charge in [0.25, 0.3) is 5.91 Å². The number of aromatic nitrogens is 2. The number of benzene rings is 1. The third kappa shape index (κ3) is 3.78. The van der Waals surface area contributed by atoms with Crippen LogP contribution in [0.3, 0.4) is 0 Å². The second kappa shape index (κ2) is 7.58. The number of piperazine rings is 1. The smallest absolute Gasteiger partial charge is 0.257 e. The third-order valence-corrected chi connectivity index (χ3v) is 4.61. The zero-order valence-corrected chi connectivity index (χ0v) is 14.3. The molecule has 1 fully saturated rings. The van der Waals surface area contributed by atoms with Gasteiger partial charge in [-0.1, -0.05) is 30.3 Å². The molecule has 0 saturated carbocycles. The summed E-state index contributed by atoms with van der Waals surface area (Å²) in [7, 11) is 2.02. The summed E-state index contributed by atoms with van der Waals surface area (Å²) >= 11 is 0. The number of nitrogens with zero attached hydrogens (tertiary/aromatic N) is 4. The fourth-order valence-electron chi connectivity index (χ4n) is 3.13. The highest BCUT2D eigenvalue weighted by Gasteiger charge is 2.29. The first-order valence-electron chi connectivity index (χ1n) is 8.38. The Bertz CT molecular complexity index is 738. The Balaban J connectivity index is 1.90. The fourth-order valence-corrected chi connectivity index (χ4v) is 3.13. The fraction of sp³-hybridized carbons (Fsp3) is 0.389. The van der Waals surface area contributed by atoms with Gasteiger partial charge in [0.1, 0.15) is 0 Å². The summed E-state index contributed by atoms with van der Waals surface area (Å²) in [5, 5.41) is 9.24. The molecule has 1 amide bonds. The van der Waals surface area contributed by atoms with E-state index in [1.54, 1.807) is 0 Å². The monoisotopic (exact) mass is 341 g/mol. The van der Waals surface area contributed by atoms with Crippen LogP contribution in [0.2, 0.25) is 0 Å². The molecular weight excluding hydrogens is 318 g/mol. The van der Waals surface area contributed by atoms with Crippen LogP contribution in [0.25, 0.3) is 11.3 Å². The van der Waals surface area contributed by atoms with Gasteiger partial charge in [-0.25, -0.2) is 9.97 Å². The Morgan fingerprint density at radius 3 is 2.80 bits per heavy atom. The molecule has 2 aromatic rings. The molecule has 0 unspecified atom stereocenters. The zero-order valence-electron chi connectivity index (χ0n) is 14.3. The molecule has 0 radical (unpaired) electrons. The molecule has 132 valence electrons. The first-order chi connectivity index (χ1) is 12.1. The first-order valence-corrected chi connectivity index (χ1v) is 8.38. The van der Waals surface area contributed by atoms with Crippen LogP contribution in [0.4, 0.5) is 5.95 Å². The van der Waals surface area contributed by atoms with Crippen LogP contribution in [0.1, 0.15) is 16.8 Å². The molecular formula is C18H23N5O2. The Hall–Kier alpha value is -2.51. The Morgan fingerprint density at radius 2 is 2.08 bits per heavy atom. The minimum atomic E-state index is -0.102. The number of nitrogen functional groups attached to an aromatic ring is 1. The number of carbonyl (C=O) groups is 1. The van der Waals surface area contributed by atoms with E-state index in [9.17, 15) is 9.90 Å². The molecule has 2 heterocycles. The van der Waals surface area contributed by atoms with Gasteiger partial charge in [0.15, 0.2) is 0 Å². The lowest BCUT2D eigenvalue weighted by Gasteiger charge is -2.39. The maximum Gasteiger partial charge on any atom is 0.257 e. The molecule has 3 rings (SSSR count). The molecule has 25 heavy (non-hydrogen) atoms. The van der Waals surface area contributed by atoms with Gasteiger partial charge < -0.3 is 15.7 Å². The van der Waals surface area contributed by atoms with Gasteiger partial charge in [0, 0.05) is 44.0 Å². The van der Waals surface area contributed by atoms with Crippen molar-refractivity contribution < 1.29 is 9.90 Å². The third-order valence-electron chi connectivity index (χ3n) is 4.61. The highest BCUT2D eigenvalue weighted by atomic mass is 16.3. The predicted octanol–water partition coefficient (Wildman–Crippen LogP) is 0.864. The minimum Gasteiger partial charge on any atom is -0.396 e. The molecule has 1 aliphatic rings. The second-order valence-electron chi connectivity index (χ2n) is 6.25. The number of nitrogens with two attached hydrogens (primary N) is 1. The van der Waals surface area contributed by atoms with E-state index in [4.69, 9.17) is 5.73 Å². The SMILES string of the molecule is CN1CCN(C(=O)c2cnc(N)nc2-c2ccccc2)C[C@@H]1CCO. The number of rotatable bonds is 4. The van der Waals surface area contributed by atoms with Crippen LogP contribution < -0.4 is 5.73 Å². The van der Waals surface area contributed by atoms with E-state index in [1.807, 2.05) is 42.3 Å². The van der Waals surface area contributed by atoms with Crippen molar-refractivity contribution in [3.8, 4) is 11.3 Å². The molecule has 1 atom stereocenters. The Kier molecular flexibility index (Phi) is 5.25. The van der Waals surface area contributed by atoms with Crippen molar-refractivity contribution in [1.29, 1.82) is 0 Å². The summed E-state index contributed by atoms with van der Waals surface area (Å²) in [4.78, 5) is 25.4. The van der Waals surface area contributed by atoms with E-state index in [1.165, 1.54) is 6.20 Å². The standard InChI is InChI=1S/C18H23N5O2/c1-22-8-9-23(12-14(22)7-10-24)17(25)15-11-20-18(19)21-16(15)13-5-3-2-4-6-13/h2-6,11,14,24H,7-10,12H2,1H3,(H2,19,20,21)/t14-/m0/s1. The van der Waals surface area contributed by atoms with Crippen molar-refractivity contribution in [2.24, 2.45) is 0 Å². The predicted molar refractivity (Wildman–Crippen MR) is 95.9 cm³/mol. The van der Waals surface area contributed by atoms with Crippen molar-refractivity contribution in [3.05, 3.63) is 42.1 Å². The van der Waals surface area contributed by atoms with Crippen LogP contribution in [-0.2, 0) is 0 Å². The lowest BCUT2D eigenvalue weighted by molar-refractivity contribution is 0.0500. The lowest BCUT2D eigenvalue weighted by atomic mass is 10.0. The van der Waals surface area contributed by atoms with E-state index < -0.39 is 0 Å². The molecule has 1 saturated heterocycles. The number of hydrogen-bond donors (Lipinski definition) is 2. The number of aliphatic hydroxyl groups is 1. The molecule has 1 aliphatic heterocycles. The second-order valence-corrected chi connectivity index (χ2v) is 6.25. The molecule has 1 aromatic carbocycles. The van der Waals surface area contributed by atoms with Crippen LogP contribution in [-0.4, -0.2) is 70.1 Å². The Labute approximate surface area is 147 Å². The normalized spacial score (nSPS) is 18.3. The summed E-state index contributed by atoms with van der Waals surface area (Å²) in [6, 6.07) is 9.66. The summed E-state index contributed by atoms with van der Waals surface area (Å²) in [6.07, 6.45) is 2.15. The van der Waals surface area contributed by atoms with Gasteiger partial charge >= 0.3 is 0 Å². The van der Waals surface area contributed by atoms with Gasteiger partial charge in [-0.15, -0.1) is 0 Å². The van der Waals surface area contributed by atoms with Crippen molar-refractivity contribution in [1.82, 2.24) is 19.8 Å². The van der Waals surface area contributed by atoms with Gasteiger partial charge in [0.2, 0.25) is 5.95 Å². The first kappa shape index (κ1) is 17.3. The van der Waals surface area contributed by atoms with Crippen LogP contribution in [0, 0.1) is 0 Å². The van der Waals surface area contributed by atoms with Gasteiger partial charge in [-0.05, 0) is 13.5 Å². The van der Waals surface area contributed by atoms with Crippen LogP contribution >= 0.6 is 0 Å². The maximum atomic E-state index is 13.1. The van der Waals surface area contributed by atoms with E-state index in [0.29, 0.717) is 30.8 Å². The lowest BCUT2D eigenvalue weighted by Crippen LogP contribution is -2.53. The van der Waals surface area contributed by atoms with E-state index in [-0.39, 0.29) is 24.5 Å². The minimum absolute atomic E-state index is 0.102. The molecule has 0 aliphatic carbocycles. The van der Waals surface area contributed by atoms with E-state index in [2.05, 4.69) is 14.9 Å². The number of aliphatic hydroxyl groups excluding tert-OH is 1. The maximum absolute atomic E-state index is 13.1.